The second-order valence-electron chi connectivity index (χ2n) is 8.30. The van der Waals surface area contributed by atoms with Crippen LogP contribution < -0.4 is 0 Å². The van der Waals surface area contributed by atoms with Crippen LogP contribution in [-0.4, -0.2) is 34.3 Å². The van der Waals surface area contributed by atoms with Crippen LogP contribution in [0.4, 0.5) is 0 Å². The van der Waals surface area contributed by atoms with E-state index in [2.05, 4.69) is 17.5 Å². The molecule has 0 radical (unpaired) electrons. The van der Waals surface area contributed by atoms with Crippen molar-refractivity contribution >= 4 is 46.3 Å². The molecule has 0 saturated heterocycles. The number of ether oxygens (including phenoxy) is 1. The topological polar surface area (TPSA) is 79.2 Å². The summed E-state index contributed by atoms with van der Waals surface area (Å²) < 4.78 is 5.34. The Labute approximate surface area is 205 Å². The number of thiophene rings is 2. The third-order valence-corrected chi connectivity index (χ3v) is 7.91. The zero-order valence-corrected chi connectivity index (χ0v) is 20.1. The first-order valence-electron chi connectivity index (χ1n) is 11.2. The minimum absolute atomic E-state index is 0.0999. The van der Waals surface area contributed by atoms with E-state index in [9.17, 15) is 9.59 Å². The molecule has 1 aromatic carbocycles. The van der Waals surface area contributed by atoms with Crippen molar-refractivity contribution in [2.24, 2.45) is 11.0 Å². The molecular formula is C26H24N2O4S2. The molecule has 1 N–H and O–H groups in total. The molecule has 0 spiro atoms. The van der Waals surface area contributed by atoms with Crippen molar-refractivity contribution in [3.63, 3.8) is 0 Å². The lowest BCUT2D eigenvalue weighted by atomic mass is 9.79. The highest BCUT2D eigenvalue weighted by molar-refractivity contribution is 7.11. The van der Waals surface area contributed by atoms with E-state index in [-0.39, 0.29) is 31.1 Å². The maximum absolute atomic E-state index is 13.2. The molecule has 3 heterocycles. The molecule has 174 valence electrons. The summed E-state index contributed by atoms with van der Waals surface area (Å²) in [7, 11) is 0. The van der Waals surface area contributed by atoms with Crippen molar-refractivity contribution in [2.75, 3.05) is 6.61 Å². The molecule has 3 aromatic rings. The van der Waals surface area contributed by atoms with Gasteiger partial charge in [0.1, 0.15) is 0 Å². The fraction of sp³-hybridized carbons (Fsp3) is 0.269. The van der Waals surface area contributed by atoms with Gasteiger partial charge >= 0.3 is 5.97 Å². The van der Waals surface area contributed by atoms with Crippen LogP contribution in [0.5, 0.6) is 0 Å². The van der Waals surface area contributed by atoms with Crippen LogP contribution in [0.15, 0.2) is 70.0 Å². The molecule has 1 fully saturated rings. The second kappa shape index (κ2) is 10.0. The van der Waals surface area contributed by atoms with E-state index >= 15 is 0 Å². The number of carbonyl (C=O) groups excluding carboxylic acids is 2. The Bertz CT molecular complexity index is 1210. The van der Waals surface area contributed by atoms with Crippen molar-refractivity contribution < 1.29 is 19.4 Å². The van der Waals surface area contributed by atoms with Crippen molar-refractivity contribution in [1.29, 1.82) is 0 Å². The van der Waals surface area contributed by atoms with E-state index in [1.54, 1.807) is 46.9 Å². The fourth-order valence-corrected chi connectivity index (χ4v) is 6.07. The van der Waals surface area contributed by atoms with Gasteiger partial charge in [0.05, 0.1) is 23.9 Å². The van der Waals surface area contributed by atoms with Gasteiger partial charge in [-0.05, 0) is 71.5 Å². The van der Waals surface area contributed by atoms with Crippen LogP contribution in [-0.2, 0) is 16.1 Å². The van der Waals surface area contributed by atoms with Crippen molar-refractivity contribution in [3.8, 4) is 0 Å². The lowest BCUT2D eigenvalue weighted by Gasteiger charge is -2.28. The molecular weight excluding hydrogens is 468 g/mol. The number of fused-ring (bicyclic) bond motifs is 1. The highest BCUT2D eigenvalue weighted by Gasteiger charge is 2.44. The highest BCUT2D eigenvalue weighted by Crippen LogP contribution is 2.45. The lowest BCUT2D eigenvalue weighted by molar-refractivity contribution is -0.136. The number of aliphatic hydroxyl groups is 1. The smallest absolute Gasteiger partial charge is 0.338 e. The average Bonchev–Trinajstić information content (AvgIpc) is 3.63. The van der Waals surface area contributed by atoms with E-state index in [0.717, 1.165) is 29.9 Å². The molecule has 1 aliphatic carbocycles. The molecule has 1 aliphatic heterocycles. The van der Waals surface area contributed by atoms with Gasteiger partial charge in [-0.25, -0.2) is 9.80 Å². The lowest BCUT2D eigenvalue weighted by Crippen LogP contribution is -2.34. The number of amides is 1. The number of hydrazone groups is 1. The highest BCUT2D eigenvalue weighted by atomic mass is 32.1. The van der Waals surface area contributed by atoms with Crippen LogP contribution in [0, 0.1) is 5.92 Å². The predicted octanol–water partition coefficient (Wildman–Crippen LogP) is 5.28. The minimum Gasteiger partial charge on any atom is -0.452 e. The number of aliphatic hydroxyl groups excluding tert-OH is 1. The summed E-state index contributed by atoms with van der Waals surface area (Å²) in [5.74, 6) is -0.784. The molecule has 6 nitrogen and oxygen atoms in total. The van der Waals surface area contributed by atoms with E-state index in [1.807, 2.05) is 23.6 Å². The zero-order chi connectivity index (χ0) is 23.5. The van der Waals surface area contributed by atoms with E-state index in [4.69, 9.17) is 14.9 Å². The van der Waals surface area contributed by atoms with E-state index in [1.165, 1.54) is 15.5 Å². The first-order chi connectivity index (χ1) is 16.6. The van der Waals surface area contributed by atoms with Gasteiger partial charge in [-0.15, -0.1) is 22.7 Å². The number of benzene rings is 1. The minimum atomic E-state index is -0.576. The van der Waals surface area contributed by atoms with Crippen molar-refractivity contribution in [1.82, 2.24) is 5.01 Å². The molecule has 8 heteroatoms. The molecule has 34 heavy (non-hydrogen) atoms. The van der Waals surface area contributed by atoms with Gasteiger partial charge in [0.25, 0.3) is 5.91 Å². The molecule has 2 atom stereocenters. The molecule has 1 amide bonds. The zero-order valence-electron chi connectivity index (χ0n) is 18.4. The molecule has 5 rings (SSSR count). The van der Waals surface area contributed by atoms with Gasteiger partial charge < -0.3 is 9.84 Å². The fourth-order valence-electron chi connectivity index (χ4n) is 4.51. The number of nitrogens with zero attached hydrogens (tertiary/aromatic N) is 2. The number of hydrogen-bond donors (Lipinski definition) is 1. The van der Waals surface area contributed by atoms with Gasteiger partial charge in [0.2, 0.25) is 0 Å². The maximum atomic E-state index is 13.2. The second-order valence-corrected chi connectivity index (χ2v) is 10.3. The van der Waals surface area contributed by atoms with Gasteiger partial charge in [0.15, 0.2) is 6.61 Å². The Morgan fingerprint density at radius 2 is 1.91 bits per heavy atom. The summed E-state index contributed by atoms with van der Waals surface area (Å²) in [6.07, 6.45) is 5.13. The van der Waals surface area contributed by atoms with Crippen molar-refractivity contribution in [2.45, 2.75) is 31.9 Å². The number of allylic oxidation sites excluding steroid dienone is 1. The molecule has 2 aliphatic rings. The number of carbonyl (C=O) groups is 2. The predicted molar refractivity (Wildman–Crippen MR) is 134 cm³/mol. The van der Waals surface area contributed by atoms with Gasteiger partial charge in [-0.3, -0.25) is 4.79 Å². The third kappa shape index (κ3) is 4.61. The summed E-state index contributed by atoms with van der Waals surface area (Å²) in [6.45, 7) is -0.479. The molecule has 2 aromatic heterocycles. The van der Waals surface area contributed by atoms with Gasteiger partial charge in [0, 0.05) is 15.7 Å². The van der Waals surface area contributed by atoms with E-state index < -0.39 is 5.97 Å². The number of esters is 1. The monoisotopic (exact) mass is 492 g/mol. The van der Waals surface area contributed by atoms with Crippen LogP contribution >= 0.6 is 22.7 Å². The maximum Gasteiger partial charge on any atom is 0.338 e. The third-order valence-electron chi connectivity index (χ3n) is 6.15. The standard InChI is InChI=1S/C26H24N2O4S2/c29-15-17-8-10-18(11-9-17)26(31)32-16-23(30)28-25(22-7-3-13-34-22)21-6-1-4-19(24(21)27-28)14-20-5-2-12-33-20/h2-3,5,7-14,21,25,29H,1,4,6,15-16H2. The summed E-state index contributed by atoms with van der Waals surface area (Å²) in [5, 5.41) is 19.6. The summed E-state index contributed by atoms with van der Waals surface area (Å²) >= 11 is 3.30. The van der Waals surface area contributed by atoms with Crippen LogP contribution in [0.3, 0.4) is 0 Å². The Balaban J connectivity index is 1.37. The molecule has 0 bridgehead atoms. The molecule has 2 unspecified atom stereocenters. The first-order valence-corrected chi connectivity index (χ1v) is 13.0. The Morgan fingerprint density at radius 1 is 1.12 bits per heavy atom. The Hall–Kier alpha value is -3.07. The summed E-state index contributed by atoms with van der Waals surface area (Å²) in [5.41, 5.74) is 3.18. The number of rotatable bonds is 6. The SMILES string of the molecule is O=C(OCC(=O)N1N=C2C(=Cc3cccs3)CCCC2C1c1cccs1)c1ccc(CO)cc1. The quantitative estimate of drug-likeness (QED) is 0.475. The van der Waals surface area contributed by atoms with Crippen LogP contribution in [0.1, 0.15) is 51.0 Å². The Kier molecular flexibility index (Phi) is 6.71. The van der Waals surface area contributed by atoms with Crippen LogP contribution in [0.25, 0.3) is 6.08 Å². The van der Waals surface area contributed by atoms with Crippen LogP contribution in [0.2, 0.25) is 0 Å². The Morgan fingerprint density at radius 3 is 2.62 bits per heavy atom. The van der Waals surface area contributed by atoms with Gasteiger partial charge in [-0.1, -0.05) is 24.3 Å². The van der Waals surface area contributed by atoms with Crippen molar-refractivity contribution in [3.05, 3.63) is 85.7 Å². The normalized spacial score (nSPS) is 20.8. The number of hydrogen-bond acceptors (Lipinski definition) is 7. The largest absolute Gasteiger partial charge is 0.452 e. The molecule has 1 saturated carbocycles. The summed E-state index contributed by atoms with van der Waals surface area (Å²) in [4.78, 5) is 28.0. The average molecular weight is 493 g/mol. The summed E-state index contributed by atoms with van der Waals surface area (Å²) in [6, 6.07) is 14.4. The first kappa shape index (κ1) is 22.7. The van der Waals surface area contributed by atoms with E-state index in [0.29, 0.717) is 11.1 Å². The van der Waals surface area contributed by atoms with Gasteiger partial charge in [-0.2, -0.15) is 5.10 Å².